The number of fused-ring (bicyclic) bond motifs is 1. The Morgan fingerprint density at radius 2 is 2.03 bits per heavy atom. The first-order chi connectivity index (χ1) is 17.2. The molecule has 3 aliphatic rings. The van der Waals surface area contributed by atoms with E-state index in [9.17, 15) is 13.2 Å². The fourth-order valence-electron chi connectivity index (χ4n) is 4.97. The number of hydrazine groups is 1. The minimum Gasteiger partial charge on any atom is -0.403 e. The first-order valence-corrected chi connectivity index (χ1v) is 11.6. The molecule has 3 heterocycles. The van der Waals surface area contributed by atoms with Gasteiger partial charge in [-0.3, -0.25) is 5.84 Å². The van der Waals surface area contributed by atoms with Gasteiger partial charge in [0, 0.05) is 42.8 Å². The fourth-order valence-corrected chi connectivity index (χ4v) is 4.97. The lowest BCUT2D eigenvalue weighted by Gasteiger charge is -2.34. The average Bonchev–Trinajstić information content (AvgIpc) is 3.39. The Labute approximate surface area is 206 Å². The average molecular weight is 497 g/mol. The molecule has 5 rings (SSSR count). The van der Waals surface area contributed by atoms with Gasteiger partial charge in [-0.1, -0.05) is 13.0 Å². The second-order valence-corrected chi connectivity index (χ2v) is 9.10. The molecule has 1 aromatic heterocycles. The molecular weight excluding hydrogens is 469 g/mol. The van der Waals surface area contributed by atoms with Crippen molar-refractivity contribution in [1.82, 2.24) is 25.1 Å². The van der Waals surface area contributed by atoms with Crippen LogP contribution in [0.15, 0.2) is 78.9 Å². The Morgan fingerprint density at radius 3 is 2.61 bits per heavy atom. The SMILES string of the molecule is C=C1N2C=CC=C(C(F)(F)F)C2=CN1c1cc(/C(=C/N)NN)cc(C(c2nncn2C)C2CCC2)c1. The van der Waals surface area contributed by atoms with Crippen molar-refractivity contribution >= 4 is 11.4 Å². The Kier molecular flexibility index (Phi) is 5.87. The molecule has 2 aliphatic heterocycles. The van der Waals surface area contributed by atoms with E-state index in [1.165, 1.54) is 23.4 Å². The quantitative estimate of drug-likeness (QED) is 0.412. The highest BCUT2D eigenvalue weighted by molar-refractivity contribution is 5.72. The molecule has 2 aromatic rings. The Hall–Kier alpha value is -3.99. The largest absolute Gasteiger partial charge is 0.418 e. The summed E-state index contributed by atoms with van der Waals surface area (Å²) in [6.07, 6.45) is 7.20. The lowest BCUT2D eigenvalue weighted by Crippen LogP contribution is -2.26. The van der Waals surface area contributed by atoms with Crippen LogP contribution in [0, 0.1) is 5.92 Å². The van der Waals surface area contributed by atoms with Crippen molar-refractivity contribution in [1.29, 1.82) is 0 Å². The topological polar surface area (TPSA) is 101 Å². The molecule has 1 saturated carbocycles. The number of nitrogens with two attached hydrogens (primary N) is 2. The fraction of sp³-hybridized carbons (Fsp3) is 0.280. The van der Waals surface area contributed by atoms with E-state index in [1.807, 2.05) is 29.8 Å². The van der Waals surface area contributed by atoms with E-state index in [-0.39, 0.29) is 11.6 Å². The number of aromatic nitrogens is 3. The van der Waals surface area contributed by atoms with Crippen LogP contribution in [0.25, 0.3) is 5.70 Å². The van der Waals surface area contributed by atoms with E-state index in [0.717, 1.165) is 36.7 Å². The summed E-state index contributed by atoms with van der Waals surface area (Å²) in [5.74, 6) is 7.23. The summed E-state index contributed by atoms with van der Waals surface area (Å²) >= 11 is 0. The Morgan fingerprint density at radius 1 is 1.25 bits per heavy atom. The zero-order valence-corrected chi connectivity index (χ0v) is 19.7. The molecule has 36 heavy (non-hydrogen) atoms. The minimum atomic E-state index is -4.50. The van der Waals surface area contributed by atoms with Gasteiger partial charge in [-0.05, 0) is 54.7 Å². The summed E-state index contributed by atoms with van der Waals surface area (Å²) < 4.78 is 43.1. The summed E-state index contributed by atoms with van der Waals surface area (Å²) in [5, 5.41) is 8.47. The van der Waals surface area contributed by atoms with Crippen molar-refractivity contribution in [3.63, 3.8) is 0 Å². The summed E-state index contributed by atoms with van der Waals surface area (Å²) in [4.78, 5) is 3.08. The number of allylic oxidation sites excluding steroid dienone is 3. The second kappa shape index (κ2) is 8.90. The van der Waals surface area contributed by atoms with E-state index in [4.69, 9.17) is 11.6 Å². The summed E-state index contributed by atoms with van der Waals surface area (Å²) in [6.45, 7) is 4.08. The maximum atomic E-state index is 13.7. The van der Waals surface area contributed by atoms with Crippen LogP contribution in [0.4, 0.5) is 18.9 Å². The van der Waals surface area contributed by atoms with E-state index in [1.54, 1.807) is 17.4 Å². The molecule has 1 unspecified atom stereocenters. The minimum absolute atomic E-state index is 0.0114. The van der Waals surface area contributed by atoms with Crippen molar-refractivity contribution < 1.29 is 13.2 Å². The van der Waals surface area contributed by atoms with Crippen molar-refractivity contribution in [2.45, 2.75) is 31.4 Å². The van der Waals surface area contributed by atoms with Crippen molar-refractivity contribution in [3.05, 3.63) is 95.9 Å². The zero-order valence-electron chi connectivity index (χ0n) is 19.7. The number of nitrogens with one attached hydrogen (secondary N) is 1. The van der Waals surface area contributed by atoms with Crippen LogP contribution in [0.2, 0.25) is 0 Å². The molecule has 1 aromatic carbocycles. The maximum absolute atomic E-state index is 13.7. The number of nitrogens with zero attached hydrogens (tertiary/aromatic N) is 5. The number of benzene rings is 1. The third kappa shape index (κ3) is 3.95. The molecule has 0 amide bonds. The Balaban J connectivity index is 1.65. The van der Waals surface area contributed by atoms with E-state index < -0.39 is 11.7 Å². The van der Waals surface area contributed by atoms with Crippen molar-refractivity contribution in [2.75, 3.05) is 4.90 Å². The highest BCUT2D eigenvalue weighted by Gasteiger charge is 2.42. The maximum Gasteiger partial charge on any atom is 0.418 e. The molecule has 0 saturated heterocycles. The molecule has 0 radical (unpaired) electrons. The number of anilines is 1. The van der Waals surface area contributed by atoms with E-state index in [2.05, 4.69) is 22.2 Å². The van der Waals surface area contributed by atoms with Crippen LogP contribution in [0.5, 0.6) is 0 Å². The summed E-state index contributed by atoms with van der Waals surface area (Å²) in [7, 11) is 1.90. The second-order valence-electron chi connectivity index (χ2n) is 9.10. The van der Waals surface area contributed by atoms with Gasteiger partial charge in [0.2, 0.25) is 0 Å². The highest BCUT2D eigenvalue weighted by Crippen LogP contribution is 2.46. The van der Waals surface area contributed by atoms with Gasteiger partial charge < -0.3 is 25.5 Å². The number of alkyl halides is 3. The molecule has 188 valence electrons. The monoisotopic (exact) mass is 496 g/mol. The van der Waals surface area contributed by atoms with Crippen LogP contribution < -0.4 is 21.9 Å². The molecule has 1 atom stereocenters. The number of hydrogen-bond acceptors (Lipinski definition) is 7. The van der Waals surface area contributed by atoms with E-state index >= 15 is 0 Å². The van der Waals surface area contributed by atoms with Gasteiger partial charge in [-0.25, -0.2) is 0 Å². The predicted molar refractivity (Wildman–Crippen MR) is 131 cm³/mol. The van der Waals surface area contributed by atoms with Gasteiger partial charge in [0.15, 0.2) is 0 Å². The molecule has 5 N–H and O–H groups in total. The third-order valence-corrected chi connectivity index (χ3v) is 7.00. The highest BCUT2D eigenvalue weighted by atomic mass is 19.4. The van der Waals surface area contributed by atoms with Gasteiger partial charge in [0.1, 0.15) is 18.0 Å². The first kappa shape index (κ1) is 23.7. The van der Waals surface area contributed by atoms with Gasteiger partial charge in [-0.15, -0.1) is 10.2 Å². The van der Waals surface area contributed by atoms with Crippen molar-refractivity contribution in [2.24, 2.45) is 24.5 Å². The number of halogens is 3. The van der Waals surface area contributed by atoms with Crippen LogP contribution in [-0.2, 0) is 7.05 Å². The molecule has 1 aliphatic carbocycles. The normalized spacial score (nSPS) is 19.1. The molecular formula is C25H27F3N8. The molecule has 1 fully saturated rings. The van der Waals surface area contributed by atoms with Crippen LogP contribution >= 0.6 is 0 Å². The summed E-state index contributed by atoms with van der Waals surface area (Å²) in [5.41, 5.74) is 10.5. The molecule has 0 bridgehead atoms. The third-order valence-electron chi connectivity index (χ3n) is 7.00. The van der Waals surface area contributed by atoms with Crippen LogP contribution in [0.1, 0.15) is 42.1 Å². The van der Waals surface area contributed by atoms with Gasteiger partial charge >= 0.3 is 6.18 Å². The van der Waals surface area contributed by atoms with Gasteiger partial charge in [0.25, 0.3) is 0 Å². The summed E-state index contributed by atoms with van der Waals surface area (Å²) in [6, 6.07) is 5.77. The number of hydrogen-bond donors (Lipinski definition) is 3. The van der Waals surface area contributed by atoms with E-state index in [0.29, 0.717) is 28.7 Å². The molecule has 11 heteroatoms. The smallest absolute Gasteiger partial charge is 0.403 e. The lowest BCUT2D eigenvalue weighted by molar-refractivity contribution is -0.0908. The number of aryl methyl sites for hydroxylation is 1. The zero-order chi connectivity index (χ0) is 25.6. The Bertz CT molecular complexity index is 1310. The molecule has 8 nitrogen and oxygen atoms in total. The number of rotatable bonds is 6. The van der Waals surface area contributed by atoms with Crippen molar-refractivity contribution in [3.8, 4) is 0 Å². The van der Waals surface area contributed by atoms with Crippen LogP contribution in [-0.4, -0.2) is 25.8 Å². The lowest BCUT2D eigenvalue weighted by atomic mass is 9.72. The van der Waals surface area contributed by atoms with Gasteiger partial charge in [-0.2, -0.15) is 13.2 Å². The standard InChI is InChI=1S/C25H27F3N8/c1-15-35-8-4-7-20(25(26,27)28)22(35)13-36(15)19-10-17(21(12-29)32-30)9-18(11-19)23(16-5-3-6-16)24-33-31-14-34(24)2/h4,7-14,16,23,32H,1,3,5-6,29-30H2,2H3/b21-12-. The molecule has 0 spiro atoms. The predicted octanol–water partition coefficient (Wildman–Crippen LogP) is 3.92. The van der Waals surface area contributed by atoms with Gasteiger partial charge in [0.05, 0.1) is 17.0 Å². The van der Waals surface area contributed by atoms with Crippen LogP contribution in [0.3, 0.4) is 0 Å². The first-order valence-electron chi connectivity index (χ1n) is 11.6.